The van der Waals surface area contributed by atoms with Gasteiger partial charge in [0.15, 0.2) is 0 Å². The van der Waals surface area contributed by atoms with Crippen molar-refractivity contribution < 1.29 is 9.90 Å². The highest BCUT2D eigenvalue weighted by Gasteiger charge is 2.20. The van der Waals surface area contributed by atoms with Gasteiger partial charge >= 0.3 is 5.97 Å². The molecule has 6 heteroatoms. The second kappa shape index (κ2) is 5.20. The van der Waals surface area contributed by atoms with Crippen molar-refractivity contribution in [2.45, 2.75) is 39.2 Å². The molecule has 2 N–H and O–H groups in total. The van der Waals surface area contributed by atoms with E-state index in [1.807, 2.05) is 24.7 Å². The molecule has 6 nitrogen and oxygen atoms in total. The molecule has 0 radical (unpaired) electrons. The summed E-state index contributed by atoms with van der Waals surface area (Å²) in [6.45, 7) is 4.07. The Morgan fingerprint density at radius 3 is 2.90 bits per heavy atom. The first kappa shape index (κ1) is 13.6. The molecule has 2 aromatic heterocycles. The van der Waals surface area contributed by atoms with Crippen LogP contribution in [0.25, 0.3) is 0 Å². The van der Waals surface area contributed by atoms with E-state index in [-0.39, 0.29) is 11.6 Å². The number of aromatic carboxylic acids is 1. The third-order valence-corrected chi connectivity index (χ3v) is 3.67. The van der Waals surface area contributed by atoms with E-state index in [0.717, 1.165) is 36.2 Å². The van der Waals surface area contributed by atoms with Gasteiger partial charge in [0.1, 0.15) is 11.4 Å². The second-order valence-electron chi connectivity index (χ2n) is 5.58. The minimum atomic E-state index is -0.962. The maximum atomic E-state index is 11.4. The molecule has 0 bridgehead atoms. The monoisotopic (exact) mass is 286 g/mol. The molecule has 2 heterocycles. The van der Waals surface area contributed by atoms with Gasteiger partial charge in [0.2, 0.25) is 0 Å². The minimum Gasteiger partial charge on any atom is -0.478 e. The van der Waals surface area contributed by atoms with Gasteiger partial charge in [-0.25, -0.2) is 9.78 Å². The van der Waals surface area contributed by atoms with Gasteiger partial charge in [-0.3, -0.25) is 4.68 Å². The van der Waals surface area contributed by atoms with Gasteiger partial charge in [-0.05, 0) is 44.7 Å². The van der Waals surface area contributed by atoms with Crippen molar-refractivity contribution in [2.24, 2.45) is 0 Å². The molecule has 0 aromatic carbocycles. The van der Waals surface area contributed by atoms with Crippen LogP contribution in [-0.2, 0) is 12.8 Å². The fourth-order valence-electron chi connectivity index (χ4n) is 2.55. The minimum absolute atomic E-state index is 0.216. The van der Waals surface area contributed by atoms with E-state index in [9.17, 15) is 9.90 Å². The Morgan fingerprint density at radius 2 is 2.24 bits per heavy atom. The second-order valence-corrected chi connectivity index (χ2v) is 5.58. The quantitative estimate of drug-likeness (QED) is 0.903. The van der Waals surface area contributed by atoms with Gasteiger partial charge in [0.25, 0.3) is 0 Å². The topological polar surface area (TPSA) is 80.0 Å². The number of anilines is 2. The van der Waals surface area contributed by atoms with E-state index in [2.05, 4.69) is 15.4 Å². The van der Waals surface area contributed by atoms with E-state index in [0.29, 0.717) is 5.82 Å². The summed E-state index contributed by atoms with van der Waals surface area (Å²) in [6, 6.07) is 2.00. The van der Waals surface area contributed by atoms with Crippen molar-refractivity contribution in [3.05, 3.63) is 35.3 Å². The number of carboxylic acid groups (broad SMARTS) is 1. The summed E-state index contributed by atoms with van der Waals surface area (Å²) in [7, 11) is 0. The average molecular weight is 286 g/mol. The molecule has 1 aliphatic rings. The third-order valence-electron chi connectivity index (χ3n) is 3.67. The highest BCUT2D eigenvalue weighted by Crippen LogP contribution is 2.27. The molecule has 0 aliphatic heterocycles. The summed E-state index contributed by atoms with van der Waals surface area (Å²) >= 11 is 0. The number of aromatic nitrogens is 3. The van der Waals surface area contributed by atoms with Crippen LogP contribution >= 0.6 is 0 Å². The zero-order valence-electron chi connectivity index (χ0n) is 12.1. The number of hydrogen-bond donors (Lipinski definition) is 2. The van der Waals surface area contributed by atoms with Crippen molar-refractivity contribution >= 4 is 17.5 Å². The van der Waals surface area contributed by atoms with Crippen molar-refractivity contribution in [3.63, 3.8) is 0 Å². The summed E-state index contributed by atoms with van der Waals surface area (Å²) < 4.78 is 1.82. The smallest absolute Gasteiger partial charge is 0.339 e. The van der Waals surface area contributed by atoms with Gasteiger partial charge in [0.05, 0.1) is 11.9 Å². The lowest BCUT2D eigenvalue weighted by Gasteiger charge is -2.10. The fourth-order valence-corrected chi connectivity index (χ4v) is 2.55. The van der Waals surface area contributed by atoms with Gasteiger partial charge < -0.3 is 10.4 Å². The molecule has 0 fully saturated rings. The highest BCUT2D eigenvalue weighted by atomic mass is 16.4. The number of fused-ring (bicyclic) bond motifs is 1. The van der Waals surface area contributed by atoms with Crippen molar-refractivity contribution in [1.82, 2.24) is 14.8 Å². The molecule has 0 spiro atoms. The number of nitrogens with zero attached hydrogens (tertiary/aromatic N) is 3. The van der Waals surface area contributed by atoms with Gasteiger partial charge in [-0.15, -0.1) is 0 Å². The third kappa shape index (κ3) is 2.61. The number of aryl methyl sites for hydroxylation is 2. The summed E-state index contributed by atoms with van der Waals surface area (Å²) in [4.78, 5) is 15.9. The van der Waals surface area contributed by atoms with Crippen molar-refractivity contribution in [2.75, 3.05) is 5.32 Å². The largest absolute Gasteiger partial charge is 0.478 e. The lowest BCUT2D eigenvalue weighted by Crippen LogP contribution is -2.07. The van der Waals surface area contributed by atoms with Crippen LogP contribution in [0.1, 0.15) is 47.9 Å². The predicted octanol–water partition coefficient (Wildman–Crippen LogP) is 2.79. The van der Waals surface area contributed by atoms with Crippen LogP contribution in [0.2, 0.25) is 0 Å². The van der Waals surface area contributed by atoms with Crippen LogP contribution in [0, 0.1) is 0 Å². The van der Waals surface area contributed by atoms with Gasteiger partial charge in [-0.2, -0.15) is 5.10 Å². The Balaban J connectivity index is 1.95. The number of pyridine rings is 1. The molecule has 0 saturated heterocycles. The number of nitrogens with one attached hydrogen (secondary N) is 1. The molecular weight excluding hydrogens is 268 g/mol. The van der Waals surface area contributed by atoms with Crippen LogP contribution in [0.3, 0.4) is 0 Å². The normalized spacial score (nSPS) is 13.5. The first-order chi connectivity index (χ1) is 10.0. The Hall–Kier alpha value is -2.37. The number of rotatable bonds is 4. The molecule has 0 unspecified atom stereocenters. The maximum absolute atomic E-state index is 11.4. The van der Waals surface area contributed by atoms with Gasteiger partial charge in [-0.1, -0.05) is 0 Å². The molecule has 0 saturated carbocycles. The van der Waals surface area contributed by atoms with Crippen LogP contribution in [0.4, 0.5) is 11.5 Å². The molecule has 21 heavy (non-hydrogen) atoms. The molecule has 110 valence electrons. The Bertz CT molecular complexity index is 691. The Kier molecular flexibility index (Phi) is 3.37. The lowest BCUT2D eigenvalue weighted by molar-refractivity contribution is 0.0697. The number of carboxylic acids is 1. The van der Waals surface area contributed by atoms with Gasteiger partial charge in [0, 0.05) is 17.9 Å². The molecule has 0 atom stereocenters. The zero-order valence-corrected chi connectivity index (χ0v) is 12.1. The highest BCUT2D eigenvalue weighted by molar-refractivity contribution is 5.94. The molecule has 0 amide bonds. The Labute approximate surface area is 122 Å². The van der Waals surface area contributed by atoms with Crippen molar-refractivity contribution in [3.8, 4) is 0 Å². The summed E-state index contributed by atoms with van der Waals surface area (Å²) in [6.07, 6.45) is 6.39. The summed E-state index contributed by atoms with van der Waals surface area (Å²) in [5.41, 5.74) is 3.01. The standard InChI is InChI=1S/C15H18N4O2/c1-9(2)19-8-11(7-16-19)17-14-12(15(20)21)6-10-4-3-5-13(10)18-14/h6-9H,3-5H2,1-2H3,(H,17,18)(H,20,21). The maximum Gasteiger partial charge on any atom is 0.339 e. The van der Waals surface area contributed by atoms with Crippen LogP contribution in [0.15, 0.2) is 18.5 Å². The van der Waals surface area contributed by atoms with Crippen molar-refractivity contribution in [1.29, 1.82) is 0 Å². The number of carbonyl (C=O) groups is 1. The SMILES string of the molecule is CC(C)n1cc(Nc2nc3c(cc2C(=O)O)CCC3)cn1. The first-order valence-electron chi connectivity index (χ1n) is 7.12. The summed E-state index contributed by atoms with van der Waals surface area (Å²) in [5, 5.41) is 16.7. The van der Waals surface area contributed by atoms with E-state index >= 15 is 0 Å². The fraction of sp³-hybridized carbons (Fsp3) is 0.400. The van der Waals surface area contributed by atoms with Crippen LogP contribution in [0.5, 0.6) is 0 Å². The Morgan fingerprint density at radius 1 is 1.43 bits per heavy atom. The molecule has 1 aliphatic carbocycles. The average Bonchev–Trinajstić information content (AvgIpc) is 3.05. The number of hydrogen-bond acceptors (Lipinski definition) is 4. The van der Waals surface area contributed by atoms with E-state index in [1.165, 1.54) is 0 Å². The predicted molar refractivity (Wildman–Crippen MR) is 79.1 cm³/mol. The zero-order chi connectivity index (χ0) is 15.0. The van der Waals surface area contributed by atoms with E-state index in [4.69, 9.17) is 0 Å². The van der Waals surface area contributed by atoms with Crippen LogP contribution in [-0.4, -0.2) is 25.8 Å². The molecule has 3 rings (SSSR count). The lowest BCUT2D eigenvalue weighted by atomic mass is 10.1. The molecule has 2 aromatic rings. The first-order valence-corrected chi connectivity index (χ1v) is 7.12. The molecular formula is C15H18N4O2. The summed E-state index contributed by atoms with van der Waals surface area (Å²) in [5.74, 6) is -0.567. The van der Waals surface area contributed by atoms with E-state index < -0.39 is 5.97 Å². The van der Waals surface area contributed by atoms with E-state index in [1.54, 1.807) is 12.3 Å². The van der Waals surface area contributed by atoms with Crippen LogP contribution < -0.4 is 5.32 Å².